The third kappa shape index (κ3) is 1.90. The molecule has 1 aromatic heterocycles. The lowest BCUT2D eigenvalue weighted by atomic mass is 10.2. The van der Waals surface area contributed by atoms with Crippen LogP contribution in [0.4, 0.5) is 5.69 Å². The smallest absolute Gasteiger partial charge is 0.236 e. The first-order chi connectivity index (χ1) is 7.61. The zero-order valence-electron chi connectivity index (χ0n) is 9.10. The van der Waals surface area contributed by atoms with Crippen molar-refractivity contribution in [3.63, 3.8) is 0 Å². The first-order valence-electron chi connectivity index (χ1n) is 4.86. The van der Waals surface area contributed by atoms with Gasteiger partial charge >= 0.3 is 0 Å². The Hall–Kier alpha value is -1.49. The third-order valence-corrected chi connectivity index (χ3v) is 2.65. The van der Waals surface area contributed by atoms with Crippen LogP contribution in [0.3, 0.4) is 0 Å². The lowest BCUT2D eigenvalue weighted by molar-refractivity contribution is -0.115. The molecule has 0 aliphatic rings. The topological polar surface area (TPSA) is 46.3 Å². The maximum atomic E-state index is 11.5. The van der Waals surface area contributed by atoms with E-state index in [1.165, 1.54) is 0 Å². The van der Waals surface area contributed by atoms with E-state index < -0.39 is 0 Å². The van der Waals surface area contributed by atoms with Crippen LogP contribution in [-0.2, 0) is 4.79 Å². The van der Waals surface area contributed by atoms with Crippen molar-refractivity contribution in [1.29, 1.82) is 0 Å². The van der Waals surface area contributed by atoms with Crippen molar-refractivity contribution in [2.24, 2.45) is 0 Å². The zero-order valence-corrected chi connectivity index (χ0v) is 9.99. The number of anilines is 1. The summed E-state index contributed by atoms with van der Waals surface area (Å²) in [5, 5.41) is 0. The summed E-state index contributed by atoms with van der Waals surface area (Å²) in [4.78, 5) is 17.2. The molecule has 1 heterocycles. The lowest BCUT2D eigenvalue weighted by Crippen LogP contribution is -2.27. The van der Waals surface area contributed by atoms with Gasteiger partial charge < -0.3 is 9.32 Å². The standard InChI is InChI=1S/C11H12N2O2S/c1-7-12-9-4-3-8(5-10(9)15-7)13(2)11(14)6-16/h3-5,16H,6H2,1-2H3. The Morgan fingerprint density at radius 1 is 1.56 bits per heavy atom. The van der Waals surface area contributed by atoms with Gasteiger partial charge in [0.1, 0.15) is 5.52 Å². The molecule has 0 spiro atoms. The molecule has 0 saturated carbocycles. The van der Waals surface area contributed by atoms with Gasteiger partial charge in [0.05, 0.1) is 5.75 Å². The van der Waals surface area contributed by atoms with Gasteiger partial charge in [0.15, 0.2) is 11.5 Å². The van der Waals surface area contributed by atoms with Crippen molar-refractivity contribution in [2.75, 3.05) is 17.7 Å². The number of benzene rings is 1. The van der Waals surface area contributed by atoms with E-state index >= 15 is 0 Å². The number of hydrogen-bond donors (Lipinski definition) is 1. The molecule has 0 saturated heterocycles. The Labute approximate surface area is 98.7 Å². The number of nitrogens with zero attached hydrogens (tertiary/aromatic N) is 2. The van der Waals surface area contributed by atoms with Crippen LogP contribution < -0.4 is 4.90 Å². The first kappa shape index (κ1) is 11.0. The van der Waals surface area contributed by atoms with Gasteiger partial charge in [-0.15, -0.1) is 0 Å². The molecule has 0 N–H and O–H groups in total. The van der Waals surface area contributed by atoms with Crippen LogP contribution >= 0.6 is 12.6 Å². The number of aryl methyl sites for hydroxylation is 1. The number of hydrogen-bond acceptors (Lipinski definition) is 4. The molecule has 2 rings (SSSR count). The van der Waals surface area contributed by atoms with Gasteiger partial charge in [0.2, 0.25) is 5.91 Å². The number of fused-ring (bicyclic) bond motifs is 1. The van der Waals surface area contributed by atoms with E-state index in [1.807, 2.05) is 12.1 Å². The van der Waals surface area contributed by atoms with Crippen LogP contribution in [0.5, 0.6) is 0 Å². The fourth-order valence-corrected chi connectivity index (χ4v) is 1.70. The molecule has 1 aromatic carbocycles. The van der Waals surface area contributed by atoms with Crippen LogP contribution in [0.15, 0.2) is 22.6 Å². The van der Waals surface area contributed by atoms with Gasteiger partial charge in [-0.3, -0.25) is 4.79 Å². The molecule has 4 nitrogen and oxygen atoms in total. The molecular formula is C11H12N2O2S. The summed E-state index contributed by atoms with van der Waals surface area (Å²) in [7, 11) is 1.71. The second kappa shape index (κ2) is 4.17. The van der Waals surface area contributed by atoms with E-state index in [0.717, 1.165) is 11.2 Å². The summed E-state index contributed by atoms with van der Waals surface area (Å²) in [5.41, 5.74) is 2.27. The van der Waals surface area contributed by atoms with E-state index in [4.69, 9.17) is 4.42 Å². The van der Waals surface area contributed by atoms with E-state index in [1.54, 1.807) is 24.9 Å². The Morgan fingerprint density at radius 2 is 2.31 bits per heavy atom. The average Bonchev–Trinajstić information content (AvgIpc) is 2.65. The molecule has 0 radical (unpaired) electrons. The quantitative estimate of drug-likeness (QED) is 0.811. The Balaban J connectivity index is 2.42. The third-order valence-electron chi connectivity index (χ3n) is 2.38. The Bertz CT molecular complexity index is 536. The molecule has 1 amide bonds. The van der Waals surface area contributed by atoms with Gasteiger partial charge in [0.25, 0.3) is 0 Å². The van der Waals surface area contributed by atoms with Crippen molar-refractivity contribution in [2.45, 2.75) is 6.92 Å². The van der Waals surface area contributed by atoms with Crippen LogP contribution in [-0.4, -0.2) is 23.7 Å². The molecule has 0 fully saturated rings. The summed E-state index contributed by atoms with van der Waals surface area (Å²) in [6, 6.07) is 5.48. The fourth-order valence-electron chi connectivity index (χ4n) is 1.49. The van der Waals surface area contributed by atoms with E-state index in [2.05, 4.69) is 17.6 Å². The summed E-state index contributed by atoms with van der Waals surface area (Å²) >= 11 is 3.96. The molecule has 16 heavy (non-hydrogen) atoms. The molecule has 0 unspecified atom stereocenters. The predicted molar refractivity (Wildman–Crippen MR) is 66.0 cm³/mol. The average molecular weight is 236 g/mol. The van der Waals surface area contributed by atoms with Crippen molar-refractivity contribution >= 4 is 35.3 Å². The highest BCUT2D eigenvalue weighted by atomic mass is 32.1. The normalized spacial score (nSPS) is 10.7. The number of carbonyl (C=O) groups is 1. The minimum atomic E-state index is -0.0566. The van der Waals surface area contributed by atoms with Gasteiger partial charge in [-0.25, -0.2) is 4.98 Å². The molecule has 0 bridgehead atoms. The monoisotopic (exact) mass is 236 g/mol. The van der Waals surface area contributed by atoms with Crippen molar-refractivity contribution in [3.8, 4) is 0 Å². The SMILES string of the molecule is Cc1nc2ccc(N(C)C(=O)CS)cc2o1. The minimum Gasteiger partial charge on any atom is -0.441 e. The molecule has 0 aliphatic carbocycles. The zero-order chi connectivity index (χ0) is 11.7. The minimum absolute atomic E-state index is 0.0566. The highest BCUT2D eigenvalue weighted by Crippen LogP contribution is 2.22. The molecule has 5 heteroatoms. The summed E-state index contributed by atoms with van der Waals surface area (Å²) in [6.07, 6.45) is 0. The second-order valence-corrected chi connectivity index (χ2v) is 3.81. The van der Waals surface area contributed by atoms with Crippen LogP contribution in [0, 0.1) is 6.92 Å². The fraction of sp³-hybridized carbons (Fsp3) is 0.273. The van der Waals surface area contributed by atoms with Crippen molar-refractivity contribution < 1.29 is 9.21 Å². The summed E-state index contributed by atoms with van der Waals surface area (Å²) < 4.78 is 5.40. The number of carbonyl (C=O) groups excluding carboxylic acids is 1. The van der Waals surface area contributed by atoms with E-state index in [-0.39, 0.29) is 11.7 Å². The molecule has 0 aliphatic heterocycles. The molecule has 84 valence electrons. The van der Waals surface area contributed by atoms with Crippen LogP contribution in [0.1, 0.15) is 5.89 Å². The molecule has 0 atom stereocenters. The number of aromatic nitrogens is 1. The van der Waals surface area contributed by atoms with Gasteiger partial charge in [-0.2, -0.15) is 12.6 Å². The Morgan fingerprint density at radius 3 is 3.00 bits per heavy atom. The van der Waals surface area contributed by atoms with E-state index in [0.29, 0.717) is 11.5 Å². The number of amides is 1. The van der Waals surface area contributed by atoms with E-state index in [9.17, 15) is 4.79 Å². The number of thiol groups is 1. The van der Waals surface area contributed by atoms with Gasteiger partial charge in [-0.05, 0) is 12.1 Å². The number of rotatable bonds is 2. The molecule has 2 aromatic rings. The lowest BCUT2D eigenvalue weighted by Gasteiger charge is -2.15. The predicted octanol–water partition coefficient (Wildman–Crippen LogP) is 2.03. The van der Waals surface area contributed by atoms with Crippen molar-refractivity contribution in [1.82, 2.24) is 4.98 Å². The van der Waals surface area contributed by atoms with Gasteiger partial charge in [-0.1, -0.05) is 0 Å². The maximum absolute atomic E-state index is 11.5. The number of oxazole rings is 1. The maximum Gasteiger partial charge on any atom is 0.236 e. The second-order valence-electron chi connectivity index (χ2n) is 3.50. The van der Waals surface area contributed by atoms with Crippen LogP contribution in [0.25, 0.3) is 11.1 Å². The molecular weight excluding hydrogens is 224 g/mol. The highest BCUT2D eigenvalue weighted by molar-refractivity contribution is 7.81. The van der Waals surface area contributed by atoms with Crippen molar-refractivity contribution in [3.05, 3.63) is 24.1 Å². The van der Waals surface area contributed by atoms with Crippen LogP contribution in [0.2, 0.25) is 0 Å². The Kier molecular flexibility index (Phi) is 2.87. The summed E-state index contributed by atoms with van der Waals surface area (Å²) in [5.74, 6) is 0.749. The highest BCUT2D eigenvalue weighted by Gasteiger charge is 2.11. The largest absolute Gasteiger partial charge is 0.441 e. The summed E-state index contributed by atoms with van der Waals surface area (Å²) in [6.45, 7) is 1.79. The first-order valence-corrected chi connectivity index (χ1v) is 5.49. The van der Waals surface area contributed by atoms with Gasteiger partial charge in [0, 0.05) is 25.7 Å².